The van der Waals surface area contributed by atoms with Crippen molar-refractivity contribution in [2.75, 3.05) is 5.88 Å². The predicted octanol–water partition coefficient (Wildman–Crippen LogP) is 2.71. The number of hydrogen-bond acceptors (Lipinski definition) is 2. The highest BCUT2D eigenvalue weighted by Gasteiger charge is 2.18. The van der Waals surface area contributed by atoms with Crippen molar-refractivity contribution in [1.82, 2.24) is 5.32 Å². The number of ether oxygens (including phenoxy) is 1. The summed E-state index contributed by atoms with van der Waals surface area (Å²) >= 11 is 5.85. The van der Waals surface area contributed by atoms with E-state index in [-0.39, 0.29) is 11.9 Å². The molecule has 0 aliphatic carbocycles. The van der Waals surface area contributed by atoms with Crippen LogP contribution < -0.4 is 5.32 Å². The molecule has 1 aliphatic rings. The van der Waals surface area contributed by atoms with Gasteiger partial charge in [0.05, 0.1) is 13.2 Å². The highest BCUT2D eigenvalue weighted by molar-refractivity contribution is 6.18. The summed E-state index contributed by atoms with van der Waals surface area (Å²) in [7, 11) is 0. The molecule has 1 aromatic carbocycles. The van der Waals surface area contributed by atoms with Gasteiger partial charge in [-0.25, -0.2) is 0 Å². The third kappa shape index (κ3) is 2.85. The number of benzene rings is 1. The Bertz CT molecular complexity index is 445. The van der Waals surface area contributed by atoms with Gasteiger partial charge in [-0.15, -0.1) is 11.6 Å². The van der Waals surface area contributed by atoms with Crippen LogP contribution in [-0.2, 0) is 18.0 Å². The first kappa shape index (κ1) is 13.4. The fraction of sp³-hybridized carbons (Fsp3) is 0.500. The Hall–Kier alpha value is -1.06. The number of nitrogens with one attached hydrogen (secondary N) is 1. The standard InChI is InChI=1S/C14H18ClNO2/c1-9(2)13(6-15)16-14(17)10-3-4-11-7-18-8-12(11)5-10/h3-5,9,13H,6-8H2,1-2H3,(H,16,17). The van der Waals surface area contributed by atoms with E-state index in [1.165, 1.54) is 5.56 Å². The molecule has 1 atom stereocenters. The average molecular weight is 268 g/mol. The summed E-state index contributed by atoms with van der Waals surface area (Å²) in [5, 5.41) is 2.96. The van der Waals surface area contributed by atoms with Crippen LogP contribution >= 0.6 is 11.6 Å². The first-order valence-electron chi connectivity index (χ1n) is 6.18. The van der Waals surface area contributed by atoms with E-state index in [0.29, 0.717) is 30.6 Å². The number of fused-ring (bicyclic) bond motifs is 1. The summed E-state index contributed by atoms with van der Waals surface area (Å²) in [5.41, 5.74) is 2.95. The highest BCUT2D eigenvalue weighted by Crippen LogP contribution is 2.21. The molecule has 1 aromatic rings. The molecular weight excluding hydrogens is 250 g/mol. The minimum atomic E-state index is -0.0657. The van der Waals surface area contributed by atoms with Gasteiger partial charge in [-0.2, -0.15) is 0 Å². The molecule has 98 valence electrons. The van der Waals surface area contributed by atoms with Gasteiger partial charge in [0.2, 0.25) is 0 Å². The summed E-state index contributed by atoms with van der Waals surface area (Å²) in [5.74, 6) is 0.686. The van der Waals surface area contributed by atoms with E-state index in [4.69, 9.17) is 16.3 Å². The molecule has 1 unspecified atom stereocenters. The van der Waals surface area contributed by atoms with Gasteiger partial charge >= 0.3 is 0 Å². The minimum Gasteiger partial charge on any atom is -0.372 e. The molecule has 0 saturated heterocycles. The Morgan fingerprint density at radius 2 is 2.11 bits per heavy atom. The van der Waals surface area contributed by atoms with Crippen molar-refractivity contribution >= 4 is 17.5 Å². The molecule has 3 nitrogen and oxygen atoms in total. The monoisotopic (exact) mass is 267 g/mol. The normalized spacial score (nSPS) is 15.6. The SMILES string of the molecule is CC(C)C(CCl)NC(=O)c1ccc2c(c1)COC2. The van der Waals surface area contributed by atoms with Crippen molar-refractivity contribution in [2.24, 2.45) is 5.92 Å². The summed E-state index contributed by atoms with van der Waals surface area (Å²) in [6.45, 7) is 5.33. The lowest BCUT2D eigenvalue weighted by Gasteiger charge is -2.19. The molecule has 0 radical (unpaired) electrons. The molecule has 1 amide bonds. The van der Waals surface area contributed by atoms with Crippen LogP contribution in [0.1, 0.15) is 35.3 Å². The van der Waals surface area contributed by atoms with Gasteiger partial charge in [-0.05, 0) is 29.2 Å². The van der Waals surface area contributed by atoms with Gasteiger partial charge in [0.15, 0.2) is 0 Å². The first-order valence-corrected chi connectivity index (χ1v) is 6.71. The zero-order chi connectivity index (χ0) is 13.1. The van der Waals surface area contributed by atoms with E-state index < -0.39 is 0 Å². The summed E-state index contributed by atoms with van der Waals surface area (Å²) < 4.78 is 5.34. The smallest absolute Gasteiger partial charge is 0.251 e. The van der Waals surface area contributed by atoms with E-state index in [2.05, 4.69) is 5.32 Å². The lowest BCUT2D eigenvalue weighted by molar-refractivity contribution is 0.0931. The molecule has 0 saturated carbocycles. The Kier molecular flexibility index (Phi) is 4.25. The Labute approximate surface area is 112 Å². The van der Waals surface area contributed by atoms with E-state index >= 15 is 0 Å². The maximum absolute atomic E-state index is 12.1. The van der Waals surface area contributed by atoms with Gasteiger partial charge in [-0.1, -0.05) is 19.9 Å². The van der Waals surface area contributed by atoms with Gasteiger partial charge in [0, 0.05) is 17.5 Å². The zero-order valence-electron chi connectivity index (χ0n) is 10.7. The van der Waals surface area contributed by atoms with Crippen molar-refractivity contribution in [3.05, 3.63) is 34.9 Å². The van der Waals surface area contributed by atoms with Crippen LogP contribution in [0.4, 0.5) is 0 Å². The van der Waals surface area contributed by atoms with Crippen molar-refractivity contribution in [3.8, 4) is 0 Å². The van der Waals surface area contributed by atoms with Crippen LogP contribution in [0.2, 0.25) is 0 Å². The summed E-state index contributed by atoms with van der Waals surface area (Å²) in [6, 6.07) is 5.71. The maximum atomic E-state index is 12.1. The second-order valence-corrected chi connectivity index (χ2v) is 5.26. The number of amides is 1. The molecule has 0 aromatic heterocycles. The maximum Gasteiger partial charge on any atom is 0.251 e. The highest BCUT2D eigenvalue weighted by atomic mass is 35.5. The van der Waals surface area contributed by atoms with Crippen molar-refractivity contribution in [1.29, 1.82) is 0 Å². The lowest BCUT2D eigenvalue weighted by atomic mass is 10.0. The fourth-order valence-corrected chi connectivity index (χ4v) is 2.38. The second-order valence-electron chi connectivity index (χ2n) is 4.95. The van der Waals surface area contributed by atoms with Crippen molar-refractivity contribution in [2.45, 2.75) is 33.1 Å². The Morgan fingerprint density at radius 3 is 2.78 bits per heavy atom. The quantitative estimate of drug-likeness (QED) is 0.852. The van der Waals surface area contributed by atoms with Crippen molar-refractivity contribution in [3.63, 3.8) is 0 Å². The molecule has 0 fully saturated rings. The first-order chi connectivity index (χ1) is 8.61. The van der Waals surface area contributed by atoms with E-state index in [9.17, 15) is 4.79 Å². The van der Waals surface area contributed by atoms with Gasteiger partial charge in [-0.3, -0.25) is 4.79 Å². The minimum absolute atomic E-state index is 0.00340. The summed E-state index contributed by atoms with van der Waals surface area (Å²) in [6.07, 6.45) is 0. The van der Waals surface area contributed by atoms with Crippen LogP contribution in [0.15, 0.2) is 18.2 Å². The average Bonchev–Trinajstić information content (AvgIpc) is 2.82. The van der Waals surface area contributed by atoms with Crippen LogP contribution in [0.5, 0.6) is 0 Å². The molecule has 0 spiro atoms. The largest absolute Gasteiger partial charge is 0.372 e. The number of rotatable bonds is 4. The van der Waals surface area contributed by atoms with E-state index in [0.717, 1.165) is 5.56 Å². The van der Waals surface area contributed by atoms with Crippen LogP contribution in [0.3, 0.4) is 0 Å². The second kappa shape index (κ2) is 5.72. The van der Waals surface area contributed by atoms with Gasteiger partial charge in [0.25, 0.3) is 5.91 Å². The number of carbonyl (C=O) groups excluding carboxylic acids is 1. The van der Waals surface area contributed by atoms with E-state index in [1.807, 2.05) is 32.0 Å². The van der Waals surface area contributed by atoms with Crippen LogP contribution in [0, 0.1) is 5.92 Å². The molecule has 4 heteroatoms. The van der Waals surface area contributed by atoms with Gasteiger partial charge < -0.3 is 10.1 Å². The molecule has 2 rings (SSSR count). The number of hydrogen-bond donors (Lipinski definition) is 1. The predicted molar refractivity (Wildman–Crippen MR) is 71.7 cm³/mol. The lowest BCUT2D eigenvalue weighted by Crippen LogP contribution is -2.39. The molecule has 1 N–H and O–H groups in total. The molecule has 1 aliphatic heterocycles. The number of carbonyl (C=O) groups is 1. The molecule has 18 heavy (non-hydrogen) atoms. The van der Waals surface area contributed by atoms with Crippen molar-refractivity contribution < 1.29 is 9.53 Å². The van der Waals surface area contributed by atoms with E-state index in [1.54, 1.807) is 0 Å². The number of alkyl halides is 1. The molecule has 1 heterocycles. The summed E-state index contributed by atoms with van der Waals surface area (Å²) in [4.78, 5) is 12.1. The molecular formula is C14H18ClNO2. The van der Waals surface area contributed by atoms with Gasteiger partial charge in [0.1, 0.15) is 0 Å². The van der Waals surface area contributed by atoms with Crippen LogP contribution in [-0.4, -0.2) is 17.8 Å². The number of halogens is 1. The third-order valence-corrected chi connectivity index (χ3v) is 3.60. The Balaban J connectivity index is 2.09. The fourth-order valence-electron chi connectivity index (χ4n) is 1.95. The molecule has 0 bridgehead atoms. The third-order valence-electron chi connectivity index (χ3n) is 3.27. The zero-order valence-corrected chi connectivity index (χ0v) is 11.5. The van der Waals surface area contributed by atoms with Crippen LogP contribution in [0.25, 0.3) is 0 Å². The topological polar surface area (TPSA) is 38.3 Å². The Morgan fingerprint density at radius 1 is 1.39 bits per heavy atom.